The second-order valence-corrected chi connectivity index (χ2v) is 6.24. The van der Waals surface area contributed by atoms with E-state index in [1.54, 1.807) is 11.9 Å². The highest BCUT2D eigenvalue weighted by molar-refractivity contribution is 8.01. The monoisotopic (exact) mass is 264 g/mol. The smallest absolute Gasteiger partial charge is 0.167 e. The number of nitrogens with one attached hydrogen (secondary N) is 1. The molecule has 1 aliphatic heterocycles. The fourth-order valence-corrected chi connectivity index (χ4v) is 4.09. The molecule has 1 aromatic carbocycles. The molecule has 1 aliphatic carbocycles. The van der Waals surface area contributed by atoms with Crippen LogP contribution in [0.5, 0.6) is 5.75 Å². The van der Waals surface area contributed by atoms with Crippen LogP contribution in [0, 0.1) is 5.92 Å². The first kappa shape index (κ1) is 12.2. The standard InChI is InChI=1S/C14H20N2OS/c1-2-8-14(15)9-7-10(14)13-17-12-6-4-3-5-11(12)16-18-13/h3-6,10,13,16H,2,7-9,15H2,1H3. The van der Waals surface area contributed by atoms with Crippen LogP contribution in [-0.4, -0.2) is 11.0 Å². The molecule has 1 aromatic rings. The van der Waals surface area contributed by atoms with E-state index in [4.69, 9.17) is 10.5 Å². The van der Waals surface area contributed by atoms with Gasteiger partial charge in [-0.25, -0.2) is 0 Å². The summed E-state index contributed by atoms with van der Waals surface area (Å²) >= 11 is 1.67. The van der Waals surface area contributed by atoms with E-state index in [0.717, 1.165) is 30.7 Å². The molecular weight excluding hydrogens is 244 g/mol. The average molecular weight is 264 g/mol. The fourth-order valence-electron chi connectivity index (χ4n) is 2.95. The Morgan fingerprint density at radius 1 is 1.50 bits per heavy atom. The molecule has 0 spiro atoms. The first-order chi connectivity index (χ1) is 8.73. The van der Waals surface area contributed by atoms with Crippen molar-refractivity contribution >= 4 is 17.6 Å². The third kappa shape index (κ3) is 1.97. The van der Waals surface area contributed by atoms with E-state index in [2.05, 4.69) is 11.6 Å². The van der Waals surface area contributed by atoms with E-state index in [0.29, 0.717) is 5.92 Å². The molecule has 3 N–H and O–H groups in total. The van der Waals surface area contributed by atoms with E-state index >= 15 is 0 Å². The van der Waals surface area contributed by atoms with Crippen molar-refractivity contribution in [2.24, 2.45) is 11.7 Å². The molecule has 0 saturated heterocycles. The number of rotatable bonds is 3. The largest absolute Gasteiger partial charge is 0.475 e. The van der Waals surface area contributed by atoms with Crippen molar-refractivity contribution in [3.63, 3.8) is 0 Å². The number of nitrogens with two attached hydrogens (primary N) is 1. The zero-order valence-electron chi connectivity index (χ0n) is 10.7. The van der Waals surface area contributed by atoms with Crippen LogP contribution in [0.3, 0.4) is 0 Å². The lowest BCUT2D eigenvalue weighted by Crippen LogP contribution is -2.59. The summed E-state index contributed by atoms with van der Waals surface area (Å²) in [6, 6.07) is 8.09. The van der Waals surface area contributed by atoms with E-state index < -0.39 is 0 Å². The Bertz CT molecular complexity index is 440. The fraction of sp³-hybridized carbons (Fsp3) is 0.571. The highest BCUT2D eigenvalue weighted by Gasteiger charge is 2.49. The number of para-hydroxylation sites is 2. The van der Waals surface area contributed by atoms with Crippen molar-refractivity contribution < 1.29 is 4.74 Å². The topological polar surface area (TPSA) is 47.3 Å². The number of hydrogen-bond donors (Lipinski definition) is 2. The molecule has 0 amide bonds. The number of ether oxygens (including phenoxy) is 1. The van der Waals surface area contributed by atoms with Gasteiger partial charge in [-0.15, -0.1) is 0 Å². The third-order valence-electron chi connectivity index (χ3n) is 4.12. The van der Waals surface area contributed by atoms with Crippen molar-refractivity contribution in [3.8, 4) is 5.75 Å². The summed E-state index contributed by atoms with van der Waals surface area (Å²) in [7, 11) is 0. The molecule has 4 heteroatoms. The van der Waals surface area contributed by atoms with Crippen LogP contribution >= 0.6 is 11.9 Å². The third-order valence-corrected chi connectivity index (χ3v) is 5.11. The van der Waals surface area contributed by atoms with Crippen LogP contribution in [0.4, 0.5) is 5.69 Å². The number of benzene rings is 1. The van der Waals surface area contributed by atoms with Crippen LogP contribution in [0.15, 0.2) is 24.3 Å². The Balaban J connectivity index is 1.73. The molecule has 2 aliphatic rings. The maximum atomic E-state index is 6.49. The van der Waals surface area contributed by atoms with Gasteiger partial charge in [-0.05, 0) is 43.3 Å². The summed E-state index contributed by atoms with van der Waals surface area (Å²) in [5, 5.41) is 0. The predicted molar refractivity (Wildman–Crippen MR) is 76.6 cm³/mol. The van der Waals surface area contributed by atoms with E-state index in [1.807, 2.05) is 24.3 Å². The molecule has 0 aromatic heterocycles. The highest BCUT2D eigenvalue weighted by Crippen LogP contribution is 2.48. The molecule has 1 fully saturated rings. The Morgan fingerprint density at radius 3 is 3.06 bits per heavy atom. The molecule has 3 atom stereocenters. The molecule has 3 unspecified atom stereocenters. The van der Waals surface area contributed by atoms with Crippen LogP contribution in [0.2, 0.25) is 0 Å². The zero-order valence-corrected chi connectivity index (χ0v) is 11.5. The zero-order chi connectivity index (χ0) is 12.6. The van der Waals surface area contributed by atoms with Crippen molar-refractivity contribution in [3.05, 3.63) is 24.3 Å². The molecular formula is C14H20N2OS. The minimum Gasteiger partial charge on any atom is -0.475 e. The SMILES string of the molecule is CCCC1(N)CCC1C1Oc2ccccc2NS1. The van der Waals surface area contributed by atoms with E-state index in [9.17, 15) is 0 Å². The van der Waals surface area contributed by atoms with Gasteiger partial charge in [0.25, 0.3) is 0 Å². The minimum absolute atomic E-state index is 0.0135. The summed E-state index contributed by atoms with van der Waals surface area (Å²) in [6.07, 6.45) is 4.56. The Labute approximate surface area is 113 Å². The number of hydrogen-bond acceptors (Lipinski definition) is 4. The molecule has 0 bridgehead atoms. The molecule has 1 heterocycles. The van der Waals surface area contributed by atoms with Gasteiger partial charge in [0.1, 0.15) is 5.75 Å². The number of anilines is 1. The number of fused-ring (bicyclic) bond motifs is 1. The highest BCUT2D eigenvalue weighted by atomic mass is 32.2. The molecule has 98 valence electrons. The molecule has 3 nitrogen and oxygen atoms in total. The van der Waals surface area contributed by atoms with Gasteiger partial charge in [0.15, 0.2) is 5.44 Å². The second kappa shape index (κ2) is 4.67. The lowest BCUT2D eigenvalue weighted by atomic mass is 9.65. The normalized spacial score (nSPS) is 33.9. The van der Waals surface area contributed by atoms with Gasteiger partial charge >= 0.3 is 0 Å². The van der Waals surface area contributed by atoms with Crippen LogP contribution < -0.4 is 15.2 Å². The quantitative estimate of drug-likeness (QED) is 0.822. The van der Waals surface area contributed by atoms with Crippen molar-refractivity contribution in [2.45, 2.75) is 43.6 Å². The Kier molecular flexibility index (Phi) is 3.16. The van der Waals surface area contributed by atoms with Gasteiger partial charge in [0, 0.05) is 11.5 Å². The van der Waals surface area contributed by atoms with Gasteiger partial charge < -0.3 is 15.2 Å². The average Bonchev–Trinajstić information content (AvgIpc) is 2.38. The Morgan fingerprint density at radius 2 is 2.33 bits per heavy atom. The summed E-state index contributed by atoms with van der Waals surface area (Å²) < 4.78 is 9.48. The van der Waals surface area contributed by atoms with Gasteiger partial charge in [0.05, 0.1) is 5.69 Å². The second-order valence-electron chi connectivity index (χ2n) is 5.33. The van der Waals surface area contributed by atoms with Gasteiger partial charge in [-0.3, -0.25) is 0 Å². The maximum Gasteiger partial charge on any atom is 0.167 e. The molecule has 3 rings (SSSR count). The van der Waals surface area contributed by atoms with Crippen LogP contribution in [0.1, 0.15) is 32.6 Å². The Hall–Kier alpha value is -0.870. The first-order valence-electron chi connectivity index (χ1n) is 6.69. The van der Waals surface area contributed by atoms with Gasteiger partial charge in [0.2, 0.25) is 0 Å². The lowest BCUT2D eigenvalue weighted by molar-refractivity contribution is 0.0470. The summed E-state index contributed by atoms with van der Waals surface area (Å²) in [5.41, 5.74) is 7.68. The maximum absolute atomic E-state index is 6.49. The van der Waals surface area contributed by atoms with Crippen LogP contribution in [0.25, 0.3) is 0 Å². The lowest BCUT2D eigenvalue weighted by Gasteiger charge is -2.50. The first-order valence-corrected chi connectivity index (χ1v) is 7.57. The summed E-state index contributed by atoms with van der Waals surface area (Å²) in [5.74, 6) is 1.41. The van der Waals surface area contributed by atoms with Gasteiger partial charge in [-0.2, -0.15) is 0 Å². The van der Waals surface area contributed by atoms with Crippen LogP contribution in [-0.2, 0) is 0 Å². The van der Waals surface area contributed by atoms with Crippen molar-refractivity contribution in [1.29, 1.82) is 0 Å². The molecule has 0 radical (unpaired) electrons. The molecule has 18 heavy (non-hydrogen) atoms. The summed E-state index contributed by atoms with van der Waals surface area (Å²) in [6.45, 7) is 2.20. The summed E-state index contributed by atoms with van der Waals surface area (Å²) in [4.78, 5) is 0. The minimum atomic E-state index is -0.0135. The van der Waals surface area contributed by atoms with Crippen molar-refractivity contribution in [1.82, 2.24) is 0 Å². The predicted octanol–water partition coefficient (Wildman–Crippen LogP) is 3.37. The van der Waals surface area contributed by atoms with E-state index in [1.165, 1.54) is 6.42 Å². The van der Waals surface area contributed by atoms with Crippen molar-refractivity contribution in [2.75, 3.05) is 4.72 Å². The van der Waals surface area contributed by atoms with E-state index in [-0.39, 0.29) is 11.0 Å². The molecule has 1 saturated carbocycles. The van der Waals surface area contributed by atoms with Gasteiger partial charge in [-0.1, -0.05) is 25.5 Å².